The molecule has 2 N–H and O–H groups in total. The fourth-order valence-corrected chi connectivity index (χ4v) is 1.56. The molecule has 0 aromatic carbocycles. The Morgan fingerprint density at radius 2 is 2.60 bits per heavy atom. The molecule has 10 heavy (non-hydrogen) atoms. The Labute approximate surface area is 58.2 Å². The lowest BCUT2D eigenvalue weighted by atomic mass is 10.0. The van der Waals surface area contributed by atoms with Crippen molar-refractivity contribution in [1.82, 2.24) is 5.32 Å². The van der Waals surface area contributed by atoms with Gasteiger partial charge in [0.15, 0.2) is 5.60 Å². The van der Waals surface area contributed by atoms with Gasteiger partial charge in [-0.15, -0.1) is 0 Å². The first-order valence-electron chi connectivity index (χ1n) is 3.34. The highest BCUT2D eigenvalue weighted by Crippen LogP contribution is 2.31. The molecule has 56 valence electrons. The summed E-state index contributed by atoms with van der Waals surface area (Å²) in [7, 11) is 0. The third kappa shape index (κ3) is 0.602. The zero-order valence-electron chi connectivity index (χ0n) is 5.46. The van der Waals surface area contributed by atoms with Gasteiger partial charge in [-0.25, -0.2) is 4.79 Å². The highest BCUT2D eigenvalue weighted by atomic mass is 16.5. The lowest BCUT2D eigenvalue weighted by Gasteiger charge is -2.21. The van der Waals surface area contributed by atoms with E-state index in [1.165, 1.54) is 0 Å². The van der Waals surface area contributed by atoms with Crippen molar-refractivity contribution in [2.45, 2.75) is 18.1 Å². The van der Waals surface area contributed by atoms with Gasteiger partial charge < -0.3 is 15.2 Å². The van der Waals surface area contributed by atoms with Crippen LogP contribution in [-0.2, 0) is 9.53 Å². The van der Waals surface area contributed by atoms with Gasteiger partial charge in [0, 0.05) is 19.0 Å². The van der Waals surface area contributed by atoms with Crippen molar-refractivity contribution in [3.8, 4) is 0 Å². The number of morpholine rings is 1. The van der Waals surface area contributed by atoms with E-state index in [0.717, 1.165) is 0 Å². The summed E-state index contributed by atoms with van der Waals surface area (Å²) in [4.78, 5) is 10.6. The molecule has 0 amide bonds. The summed E-state index contributed by atoms with van der Waals surface area (Å²) in [5, 5.41) is 11.8. The quantitative estimate of drug-likeness (QED) is 0.504. The van der Waals surface area contributed by atoms with E-state index in [-0.39, 0.29) is 6.04 Å². The predicted molar refractivity (Wildman–Crippen MR) is 32.7 cm³/mol. The van der Waals surface area contributed by atoms with Gasteiger partial charge in [-0.1, -0.05) is 0 Å². The van der Waals surface area contributed by atoms with Crippen LogP contribution in [0, 0.1) is 0 Å². The van der Waals surface area contributed by atoms with Gasteiger partial charge >= 0.3 is 5.97 Å². The fraction of sp³-hybridized carbons (Fsp3) is 0.833. The molecule has 0 aromatic rings. The van der Waals surface area contributed by atoms with Crippen LogP contribution >= 0.6 is 0 Å². The van der Waals surface area contributed by atoms with Gasteiger partial charge in [0.2, 0.25) is 0 Å². The minimum absolute atomic E-state index is 0.274. The van der Waals surface area contributed by atoms with Crippen LogP contribution in [0.2, 0.25) is 0 Å². The van der Waals surface area contributed by atoms with Crippen LogP contribution in [-0.4, -0.2) is 35.9 Å². The molecule has 0 aliphatic carbocycles. The van der Waals surface area contributed by atoms with E-state index >= 15 is 0 Å². The second kappa shape index (κ2) is 1.71. The van der Waals surface area contributed by atoms with E-state index in [2.05, 4.69) is 5.32 Å². The maximum absolute atomic E-state index is 10.6. The molecule has 4 nitrogen and oxygen atoms in total. The number of carboxylic acid groups (broad SMARTS) is 1. The highest BCUT2D eigenvalue weighted by molar-refractivity contribution is 5.79. The number of nitrogens with one attached hydrogen (secondary N) is 1. The SMILES string of the molecule is O=C(O)[C@]12CN[C@H](CO1)C2. The van der Waals surface area contributed by atoms with E-state index in [1.54, 1.807) is 0 Å². The molecule has 2 aliphatic rings. The first-order valence-corrected chi connectivity index (χ1v) is 3.34. The summed E-state index contributed by atoms with van der Waals surface area (Å²) in [6.07, 6.45) is 0.627. The maximum Gasteiger partial charge on any atom is 0.337 e. The lowest BCUT2D eigenvalue weighted by Crippen LogP contribution is -2.45. The fourth-order valence-electron chi connectivity index (χ4n) is 1.56. The Kier molecular flexibility index (Phi) is 1.04. The number of aliphatic carboxylic acids is 1. The topological polar surface area (TPSA) is 58.6 Å². The Bertz CT molecular complexity index is 172. The maximum atomic E-state index is 10.6. The highest BCUT2D eigenvalue weighted by Gasteiger charge is 2.52. The van der Waals surface area contributed by atoms with Crippen LogP contribution in [0.15, 0.2) is 0 Å². The van der Waals surface area contributed by atoms with E-state index in [4.69, 9.17) is 9.84 Å². The monoisotopic (exact) mass is 143 g/mol. The number of carbonyl (C=O) groups is 1. The molecule has 0 aromatic heterocycles. The molecule has 0 unspecified atom stereocenters. The molecule has 2 heterocycles. The summed E-state index contributed by atoms with van der Waals surface area (Å²) < 4.78 is 5.14. The molecule has 4 heteroatoms. The van der Waals surface area contributed by atoms with Crippen LogP contribution in [0.1, 0.15) is 6.42 Å². The molecule has 0 saturated carbocycles. The van der Waals surface area contributed by atoms with Gasteiger partial charge in [0.1, 0.15) is 0 Å². The zero-order valence-corrected chi connectivity index (χ0v) is 5.46. The number of carboxylic acids is 1. The van der Waals surface area contributed by atoms with E-state index in [9.17, 15) is 4.79 Å². The molecule has 2 rings (SSSR count). The first-order chi connectivity index (χ1) is 4.73. The zero-order chi connectivity index (χ0) is 7.19. The molecular formula is C6H9NO3. The van der Waals surface area contributed by atoms with Crippen molar-refractivity contribution in [1.29, 1.82) is 0 Å². The largest absolute Gasteiger partial charge is 0.479 e. The molecule has 2 aliphatic heterocycles. The van der Waals surface area contributed by atoms with Gasteiger partial charge in [-0.05, 0) is 0 Å². The minimum Gasteiger partial charge on any atom is -0.479 e. The number of rotatable bonds is 1. The third-order valence-electron chi connectivity index (χ3n) is 2.20. The van der Waals surface area contributed by atoms with Crippen LogP contribution < -0.4 is 5.32 Å². The average Bonchev–Trinajstić information content (AvgIpc) is 2.45. The van der Waals surface area contributed by atoms with Crippen molar-refractivity contribution in [3.63, 3.8) is 0 Å². The number of hydrogen-bond acceptors (Lipinski definition) is 3. The molecule has 2 bridgehead atoms. The summed E-state index contributed by atoms with van der Waals surface area (Å²) in [6, 6.07) is 0.274. The third-order valence-corrected chi connectivity index (χ3v) is 2.20. The summed E-state index contributed by atoms with van der Waals surface area (Å²) in [5.74, 6) is -0.833. The molecule has 2 atom stereocenters. The Morgan fingerprint density at radius 3 is 2.80 bits per heavy atom. The Balaban J connectivity index is 2.23. The number of fused-ring (bicyclic) bond motifs is 2. The van der Waals surface area contributed by atoms with Crippen molar-refractivity contribution in [2.24, 2.45) is 0 Å². The molecule has 0 spiro atoms. The van der Waals surface area contributed by atoms with Crippen molar-refractivity contribution in [3.05, 3.63) is 0 Å². The Hall–Kier alpha value is -0.610. The van der Waals surface area contributed by atoms with Gasteiger partial charge in [-0.3, -0.25) is 0 Å². The van der Waals surface area contributed by atoms with Crippen molar-refractivity contribution >= 4 is 5.97 Å². The van der Waals surface area contributed by atoms with Crippen molar-refractivity contribution < 1.29 is 14.6 Å². The van der Waals surface area contributed by atoms with E-state index in [0.29, 0.717) is 19.6 Å². The van der Waals surface area contributed by atoms with Crippen LogP contribution in [0.25, 0.3) is 0 Å². The Morgan fingerprint density at radius 1 is 1.80 bits per heavy atom. The van der Waals surface area contributed by atoms with E-state index < -0.39 is 11.6 Å². The van der Waals surface area contributed by atoms with Crippen LogP contribution in [0.5, 0.6) is 0 Å². The minimum atomic E-state index is -0.884. The normalized spacial score (nSPS) is 44.2. The molecule has 0 radical (unpaired) electrons. The number of ether oxygens (including phenoxy) is 1. The standard InChI is InChI=1S/C6H9NO3/c8-5(9)6-1-4(2-10-6)7-3-6/h4,7H,1-3H2,(H,8,9)/t4-,6-/m0/s1. The summed E-state index contributed by atoms with van der Waals surface area (Å²) >= 11 is 0. The van der Waals surface area contributed by atoms with E-state index in [1.807, 2.05) is 0 Å². The van der Waals surface area contributed by atoms with Gasteiger partial charge in [-0.2, -0.15) is 0 Å². The molecular weight excluding hydrogens is 134 g/mol. The predicted octanol–water partition coefficient (Wildman–Crippen LogP) is -0.798. The second-order valence-corrected chi connectivity index (χ2v) is 2.89. The lowest BCUT2D eigenvalue weighted by molar-refractivity contribution is -0.159. The van der Waals surface area contributed by atoms with Crippen LogP contribution in [0.4, 0.5) is 0 Å². The average molecular weight is 143 g/mol. The summed E-state index contributed by atoms with van der Waals surface area (Å²) in [5.41, 5.74) is -0.884. The number of hydrogen-bond donors (Lipinski definition) is 2. The molecule has 2 saturated heterocycles. The smallest absolute Gasteiger partial charge is 0.337 e. The first kappa shape index (κ1) is 6.12. The van der Waals surface area contributed by atoms with Crippen molar-refractivity contribution in [2.75, 3.05) is 13.2 Å². The second-order valence-electron chi connectivity index (χ2n) is 2.89. The van der Waals surface area contributed by atoms with Gasteiger partial charge in [0.05, 0.1) is 6.61 Å². The van der Waals surface area contributed by atoms with Gasteiger partial charge in [0.25, 0.3) is 0 Å². The summed E-state index contributed by atoms with van der Waals surface area (Å²) in [6.45, 7) is 1.01. The van der Waals surface area contributed by atoms with Crippen LogP contribution in [0.3, 0.4) is 0 Å². The molecule has 2 fully saturated rings.